The summed E-state index contributed by atoms with van der Waals surface area (Å²) in [5, 5.41) is 24.1. The van der Waals surface area contributed by atoms with Gasteiger partial charge in [-0.2, -0.15) is 8.71 Å². The molecule has 2 aromatic heterocycles. The minimum absolute atomic E-state index is 0.00714. The Labute approximate surface area is 201 Å². The molecule has 3 heterocycles. The Morgan fingerprint density at radius 2 is 1.71 bits per heavy atom. The molecule has 3 aromatic rings. The van der Waals surface area contributed by atoms with Crippen LogP contribution in [-0.2, 0) is 23.1 Å². The molecule has 0 amide bonds. The van der Waals surface area contributed by atoms with Crippen LogP contribution >= 0.6 is 0 Å². The van der Waals surface area contributed by atoms with Gasteiger partial charge in [-0.15, -0.1) is 0 Å². The van der Waals surface area contributed by atoms with E-state index in [2.05, 4.69) is 0 Å². The van der Waals surface area contributed by atoms with E-state index in [0.29, 0.717) is 31.2 Å². The number of piperazine rings is 1. The average Bonchev–Trinajstić information content (AvgIpc) is 3.69. The summed E-state index contributed by atoms with van der Waals surface area (Å²) < 4.78 is 30.5. The monoisotopic (exact) mass is 499 g/mol. The quantitative estimate of drug-likeness (QED) is 0.262. The van der Waals surface area contributed by atoms with Crippen LogP contribution < -0.4 is 15.2 Å². The summed E-state index contributed by atoms with van der Waals surface area (Å²) >= 11 is 0. The summed E-state index contributed by atoms with van der Waals surface area (Å²) in [6, 6.07) is 10.1. The molecule has 0 atom stereocenters. The molecular formula is C23H25N5O6S. The van der Waals surface area contributed by atoms with Gasteiger partial charge in [-0.3, -0.25) is 15.0 Å². The predicted molar refractivity (Wildman–Crippen MR) is 123 cm³/mol. The highest BCUT2D eigenvalue weighted by Gasteiger charge is 2.31. The first kappa shape index (κ1) is 23.4. The summed E-state index contributed by atoms with van der Waals surface area (Å²) in [6.07, 6.45) is 3.81. The standard InChI is InChI=1S/C23H25N5O6S/c29-22-20(23(30)27(15-17-4-5-17)21-3-1-2-10-26(21)22)16-24-11-13-25(14-12-24)35(33,34)19-8-6-18(7-9-19)28(31)32/h1-3,6-10,17H,4-5,11-16H2. The molecule has 1 saturated carbocycles. The molecule has 184 valence electrons. The van der Waals surface area contributed by atoms with Crippen LogP contribution in [-0.4, -0.2) is 53.1 Å². The zero-order valence-corrected chi connectivity index (χ0v) is 19.8. The number of benzene rings is 1. The second kappa shape index (κ2) is 9.02. The van der Waals surface area contributed by atoms with Crippen LogP contribution in [0, 0.1) is 16.0 Å². The molecule has 2 aliphatic rings. The number of nitrogens with zero attached hydrogens (tertiary/aromatic N) is 5. The first-order valence-electron chi connectivity index (χ1n) is 11.5. The van der Waals surface area contributed by atoms with E-state index in [1.165, 1.54) is 33.0 Å². The highest BCUT2D eigenvalue weighted by molar-refractivity contribution is 7.89. The molecular weight excluding hydrogens is 474 g/mol. The number of nitro groups is 1. The number of pyridine rings is 1. The predicted octanol–water partition coefficient (Wildman–Crippen LogP) is 0.485. The van der Waals surface area contributed by atoms with E-state index in [0.717, 1.165) is 12.8 Å². The second-order valence-electron chi connectivity index (χ2n) is 9.00. The molecule has 12 heteroatoms. The molecule has 1 aliphatic carbocycles. The number of fused-ring (bicyclic) bond motifs is 1. The molecule has 0 radical (unpaired) electrons. The van der Waals surface area contributed by atoms with Gasteiger partial charge in [0.2, 0.25) is 10.0 Å². The van der Waals surface area contributed by atoms with Gasteiger partial charge in [0.15, 0.2) is 0 Å². The van der Waals surface area contributed by atoms with Gasteiger partial charge in [0.25, 0.3) is 11.3 Å². The summed E-state index contributed by atoms with van der Waals surface area (Å²) in [5.74, 6) is 0.171. The van der Waals surface area contributed by atoms with E-state index in [1.54, 1.807) is 22.9 Å². The van der Waals surface area contributed by atoms with Crippen LogP contribution in [0.25, 0.3) is 5.65 Å². The van der Waals surface area contributed by atoms with Gasteiger partial charge >= 0.3 is 5.56 Å². The molecule has 2 fully saturated rings. The van der Waals surface area contributed by atoms with Crippen molar-refractivity contribution in [3.8, 4) is 5.88 Å². The van der Waals surface area contributed by atoms with Gasteiger partial charge in [-0.1, -0.05) is 6.07 Å². The molecule has 0 unspecified atom stereocenters. The van der Waals surface area contributed by atoms with E-state index in [9.17, 15) is 28.4 Å². The van der Waals surface area contributed by atoms with E-state index in [1.807, 2.05) is 11.0 Å². The molecule has 11 nitrogen and oxygen atoms in total. The van der Waals surface area contributed by atoms with Gasteiger partial charge in [0.1, 0.15) is 0 Å². The van der Waals surface area contributed by atoms with Crippen molar-refractivity contribution in [1.82, 2.24) is 13.6 Å². The lowest BCUT2D eigenvalue weighted by Crippen LogP contribution is -2.50. The molecule has 5 rings (SSSR count). The van der Waals surface area contributed by atoms with Gasteiger partial charge in [-0.05, 0) is 37.0 Å². The Morgan fingerprint density at radius 1 is 1.03 bits per heavy atom. The molecule has 1 aliphatic heterocycles. The summed E-state index contributed by atoms with van der Waals surface area (Å²) in [5.41, 5.74) is 0.236. The lowest BCUT2D eigenvalue weighted by molar-refractivity contribution is -0.719. The number of aromatic nitrogens is 2. The first-order chi connectivity index (χ1) is 16.8. The fourth-order valence-electron chi connectivity index (χ4n) is 4.44. The van der Waals surface area contributed by atoms with Crippen LogP contribution in [0.4, 0.5) is 5.69 Å². The Balaban J connectivity index is 1.34. The SMILES string of the molecule is O=c1c(CN2CCN(S(=O)(=O)c3ccc([N+](=O)[O-])cc3)CC2)c([O-])[n+](CC2CC2)c2ccccn12. The normalized spacial score (nSPS) is 17.6. The van der Waals surface area contributed by atoms with E-state index in [4.69, 9.17) is 0 Å². The van der Waals surface area contributed by atoms with Crippen LogP contribution in [0.2, 0.25) is 0 Å². The number of sulfonamides is 1. The maximum Gasteiger partial charge on any atom is 0.346 e. The van der Waals surface area contributed by atoms with Crippen molar-refractivity contribution in [3.63, 3.8) is 0 Å². The number of non-ortho nitro benzene ring substituents is 1. The van der Waals surface area contributed by atoms with Gasteiger partial charge in [0, 0.05) is 50.9 Å². The third-order valence-electron chi connectivity index (χ3n) is 6.63. The Kier molecular flexibility index (Phi) is 6.03. The van der Waals surface area contributed by atoms with Crippen LogP contribution in [0.1, 0.15) is 18.4 Å². The van der Waals surface area contributed by atoms with Crippen molar-refractivity contribution in [3.05, 3.63) is 74.7 Å². The van der Waals surface area contributed by atoms with E-state index >= 15 is 0 Å². The Hall–Kier alpha value is -3.35. The zero-order valence-electron chi connectivity index (χ0n) is 18.9. The molecule has 1 aromatic carbocycles. The lowest BCUT2D eigenvalue weighted by atomic mass is 10.2. The van der Waals surface area contributed by atoms with Crippen molar-refractivity contribution < 1.29 is 23.0 Å². The van der Waals surface area contributed by atoms with Crippen molar-refractivity contribution in [1.29, 1.82) is 0 Å². The van der Waals surface area contributed by atoms with Crippen LogP contribution in [0.5, 0.6) is 5.88 Å². The minimum Gasteiger partial charge on any atom is -0.842 e. The van der Waals surface area contributed by atoms with Gasteiger partial charge < -0.3 is 5.11 Å². The third-order valence-corrected chi connectivity index (χ3v) is 8.54. The first-order valence-corrected chi connectivity index (χ1v) is 12.9. The van der Waals surface area contributed by atoms with Gasteiger partial charge in [-0.25, -0.2) is 17.8 Å². The largest absolute Gasteiger partial charge is 0.842 e. The third kappa shape index (κ3) is 4.51. The maximum atomic E-state index is 13.3. The maximum absolute atomic E-state index is 13.3. The molecule has 0 spiro atoms. The fraction of sp³-hybridized carbons (Fsp3) is 0.391. The molecule has 0 bridgehead atoms. The average molecular weight is 500 g/mol. The second-order valence-corrected chi connectivity index (χ2v) is 10.9. The van der Waals surface area contributed by atoms with Crippen LogP contribution in [0.3, 0.4) is 0 Å². The number of hydrogen-bond donors (Lipinski definition) is 0. The van der Waals surface area contributed by atoms with E-state index in [-0.39, 0.29) is 47.2 Å². The topological polar surface area (TPSA) is 132 Å². The van der Waals surface area contributed by atoms with Crippen molar-refractivity contribution in [2.75, 3.05) is 26.2 Å². The zero-order chi connectivity index (χ0) is 24.7. The minimum atomic E-state index is -3.81. The smallest absolute Gasteiger partial charge is 0.346 e. The molecule has 0 N–H and O–H groups in total. The Morgan fingerprint density at radius 3 is 2.34 bits per heavy atom. The van der Waals surface area contributed by atoms with E-state index < -0.39 is 14.9 Å². The summed E-state index contributed by atoms with van der Waals surface area (Å²) in [4.78, 5) is 25.3. The number of hydrogen-bond acceptors (Lipinski definition) is 7. The van der Waals surface area contributed by atoms with Crippen molar-refractivity contribution in [2.45, 2.75) is 30.8 Å². The van der Waals surface area contributed by atoms with Crippen molar-refractivity contribution in [2.24, 2.45) is 5.92 Å². The highest BCUT2D eigenvalue weighted by Crippen LogP contribution is 2.29. The fourth-order valence-corrected chi connectivity index (χ4v) is 5.86. The lowest BCUT2D eigenvalue weighted by Gasteiger charge is -2.34. The Bertz CT molecular complexity index is 1440. The van der Waals surface area contributed by atoms with Gasteiger partial charge in [0.05, 0.1) is 34.0 Å². The highest BCUT2D eigenvalue weighted by atomic mass is 32.2. The van der Waals surface area contributed by atoms with Crippen LogP contribution in [0.15, 0.2) is 58.4 Å². The number of rotatable bonds is 7. The molecule has 35 heavy (non-hydrogen) atoms. The number of nitro benzene ring substituents is 1. The molecule has 1 saturated heterocycles. The summed E-state index contributed by atoms with van der Waals surface area (Å²) in [6.45, 7) is 1.80. The van der Waals surface area contributed by atoms with Crippen molar-refractivity contribution >= 4 is 21.4 Å². The summed E-state index contributed by atoms with van der Waals surface area (Å²) in [7, 11) is -3.81.